The van der Waals surface area contributed by atoms with Gasteiger partial charge in [0.2, 0.25) is 0 Å². The third-order valence-electron chi connectivity index (χ3n) is 11.2. The van der Waals surface area contributed by atoms with Gasteiger partial charge in [-0.1, -0.05) is 33.8 Å². The molecule has 0 aromatic heterocycles. The predicted octanol–water partition coefficient (Wildman–Crippen LogP) is 3.49. The molecule has 0 amide bonds. The second-order valence-electron chi connectivity index (χ2n) is 12.7. The van der Waals surface area contributed by atoms with Crippen LogP contribution in [0.5, 0.6) is 5.75 Å². The number of aliphatic hydroxyl groups excluding tert-OH is 1. The second kappa shape index (κ2) is 9.17. The fourth-order valence-electron chi connectivity index (χ4n) is 8.67. The standard InChI is InChI=1S/C29H38BFO7/c1-6-27(4)13-18(23(26(34)35)38-22-12-19-17(11-20(22)31)14-37-30(19)36)28(5)15(2)7-9-29(16(3)25(27)33)10-8-21(32)24(28)29/h6,11-12,15-16,18,23-25,33,36H,1,7-10,13-14H2,2-5H3,(H,34,35)/t15-,16+,18+,23?,24+,25+,27-,28-,29+/m1/s1. The molecule has 38 heavy (non-hydrogen) atoms. The van der Waals surface area contributed by atoms with Crippen LogP contribution in [0, 0.1) is 45.7 Å². The minimum Gasteiger partial charge on any atom is -0.478 e. The number of ether oxygens (including phenoxy) is 1. The quantitative estimate of drug-likeness (QED) is 0.396. The number of Topliss-reactive ketones (excluding diaryl/α,β-unsaturated/α-hetero) is 1. The number of carbonyl (C=O) groups is 2. The van der Waals surface area contributed by atoms with Gasteiger partial charge in [0.15, 0.2) is 17.7 Å². The number of aliphatic hydroxyl groups is 1. The van der Waals surface area contributed by atoms with Gasteiger partial charge in [-0.2, -0.15) is 0 Å². The lowest BCUT2D eigenvalue weighted by molar-refractivity contribution is -0.193. The Hall–Kier alpha value is -2.23. The highest BCUT2D eigenvalue weighted by Gasteiger charge is 2.69. The lowest BCUT2D eigenvalue weighted by Crippen LogP contribution is -2.63. The van der Waals surface area contributed by atoms with Crippen molar-refractivity contribution in [2.24, 2.45) is 39.9 Å². The minimum absolute atomic E-state index is 0.00489. The minimum atomic E-state index is -1.50. The zero-order valence-corrected chi connectivity index (χ0v) is 22.6. The van der Waals surface area contributed by atoms with E-state index in [2.05, 4.69) is 13.5 Å². The van der Waals surface area contributed by atoms with Crippen molar-refractivity contribution in [3.05, 3.63) is 36.2 Å². The first-order chi connectivity index (χ1) is 17.8. The van der Waals surface area contributed by atoms with Crippen molar-refractivity contribution in [2.45, 2.75) is 78.6 Å². The first-order valence-electron chi connectivity index (χ1n) is 13.7. The molecule has 7 nitrogen and oxygen atoms in total. The molecule has 0 radical (unpaired) electrons. The summed E-state index contributed by atoms with van der Waals surface area (Å²) in [5.41, 5.74) is -1.27. The third kappa shape index (κ3) is 3.72. The molecule has 3 saturated carbocycles. The lowest BCUT2D eigenvalue weighted by atomic mass is 9.41. The van der Waals surface area contributed by atoms with Gasteiger partial charge in [-0.05, 0) is 71.5 Å². The second-order valence-corrected chi connectivity index (χ2v) is 12.7. The molecule has 1 heterocycles. The Kier molecular flexibility index (Phi) is 6.60. The van der Waals surface area contributed by atoms with Crippen LogP contribution in [0.4, 0.5) is 4.39 Å². The van der Waals surface area contributed by atoms with Crippen LogP contribution >= 0.6 is 0 Å². The zero-order chi connectivity index (χ0) is 27.8. The van der Waals surface area contributed by atoms with E-state index in [-0.39, 0.29) is 36.4 Å². The van der Waals surface area contributed by atoms with Crippen LogP contribution in [-0.2, 0) is 20.9 Å². The monoisotopic (exact) mass is 528 g/mol. The fourth-order valence-corrected chi connectivity index (χ4v) is 8.67. The number of carboxylic acid groups (broad SMARTS) is 1. The van der Waals surface area contributed by atoms with E-state index in [1.54, 1.807) is 6.08 Å². The van der Waals surface area contributed by atoms with E-state index < -0.39 is 59.2 Å². The van der Waals surface area contributed by atoms with E-state index in [0.29, 0.717) is 23.9 Å². The number of fused-ring (bicyclic) bond motifs is 1. The SMILES string of the molecule is C=C[C@]1(C)C[C@@H](C(Oc2cc3c(cc2F)COB3O)C(=O)O)[C@@]2(C)[C@H](C)CC[C@]3(CCC(=O)[C@H]32)[C@@H](C)[C@@H]1O. The molecule has 3 N–H and O–H groups in total. The number of rotatable bonds is 5. The smallest absolute Gasteiger partial charge is 0.478 e. The molecule has 1 aromatic carbocycles. The number of hydrogen-bond donors (Lipinski definition) is 3. The third-order valence-corrected chi connectivity index (χ3v) is 11.2. The highest BCUT2D eigenvalue weighted by Crippen LogP contribution is 2.69. The number of aliphatic carboxylic acids is 1. The maximum atomic E-state index is 15.2. The van der Waals surface area contributed by atoms with Gasteiger partial charge in [-0.15, -0.1) is 6.58 Å². The average molecular weight is 528 g/mol. The summed E-state index contributed by atoms with van der Waals surface area (Å²) in [7, 11) is -1.24. The van der Waals surface area contributed by atoms with E-state index in [4.69, 9.17) is 9.39 Å². The molecule has 9 atom stereocenters. The summed E-state index contributed by atoms with van der Waals surface area (Å²) < 4.78 is 26.4. The molecule has 1 aliphatic heterocycles. The molecule has 206 valence electrons. The number of carboxylic acids is 1. The zero-order valence-electron chi connectivity index (χ0n) is 22.6. The van der Waals surface area contributed by atoms with Crippen molar-refractivity contribution in [3.63, 3.8) is 0 Å². The van der Waals surface area contributed by atoms with Gasteiger partial charge in [0.1, 0.15) is 5.78 Å². The lowest BCUT2D eigenvalue weighted by Gasteiger charge is -2.63. The van der Waals surface area contributed by atoms with Gasteiger partial charge < -0.3 is 24.6 Å². The van der Waals surface area contributed by atoms with E-state index in [9.17, 15) is 24.8 Å². The largest absolute Gasteiger partial charge is 0.491 e. The maximum absolute atomic E-state index is 15.2. The van der Waals surface area contributed by atoms with Crippen LogP contribution < -0.4 is 10.2 Å². The highest BCUT2D eigenvalue weighted by molar-refractivity contribution is 6.61. The Morgan fingerprint density at radius 2 is 2.03 bits per heavy atom. The van der Waals surface area contributed by atoms with Crippen LogP contribution in [0.25, 0.3) is 0 Å². The van der Waals surface area contributed by atoms with Crippen LogP contribution in [0.3, 0.4) is 0 Å². The van der Waals surface area contributed by atoms with Gasteiger partial charge in [-0.3, -0.25) is 4.79 Å². The number of hydrogen-bond acceptors (Lipinski definition) is 6. The average Bonchev–Trinajstić information content (AvgIpc) is 3.42. The molecule has 9 heteroatoms. The Morgan fingerprint density at radius 3 is 2.68 bits per heavy atom. The van der Waals surface area contributed by atoms with Gasteiger partial charge >= 0.3 is 13.1 Å². The number of benzene rings is 1. The van der Waals surface area contributed by atoms with E-state index in [0.717, 1.165) is 12.8 Å². The Labute approximate surface area is 223 Å². The van der Waals surface area contributed by atoms with Gasteiger partial charge in [-0.25, -0.2) is 9.18 Å². The summed E-state index contributed by atoms with van der Waals surface area (Å²) in [6.45, 7) is 12.0. The highest BCUT2D eigenvalue weighted by atomic mass is 19.1. The van der Waals surface area contributed by atoms with Crippen LogP contribution in [-0.4, -0.2) is 46.3 Å². The molecule has 4 aliphatic rings. The first kappa shape index (κ1) is 27.3. The Balaban J connectivity index is 1.67. The first-order valence-corrected chi connectivity index (χ1v) is 13.7. The van der Waals surface area contributed by atoms with Crippen molar-refractivity contribution in [2.75, 3.05) is 0 Å². The molecule has 3 fully saturated rings. The van der Waals surface area contributed by atoms with Crippen LogP contribution in [0.2, 0.25) is 0 Å². The summed E-state index contributed by atoms with van der Waals surface area (Å²) in [4.78, 5) is 26.6. The summed E-state index contributed by atoms with van der Waals surface area (Å²) in [5, 5.41) is 32.4. The normalized spacial score (nSPS) is 41.1. The molecule has 0 saturated heterocycles. The molecule has 5 rings (SSSR count). The summed E-state index contributed by atoms with van der Waals surface area (Å²) >= 11 is 0. The Morgan fingerprint density at radius 1 is 1.32 bits per heavy atom. The molecule has 1 unspecified atom stereocenters. The molecule has 2 bridgehead atoms. The van der Waals surface area contributed by atoms with Crippen molar-refractivity contribution in [1.29, 1.82) is 0 Å². The summed E-state index contributed by atoms with van der Waals surface area (Å²) in [6.07, 6.45) is 2.20. The van der Waals surface area contributed by atoms with Crippen molar-refractivity contribution in [3.8, 4) is 5.75 Å². The predicted molar refractivity (Wildman–Crippen MR) is 139 cm³/mol. The molecular weight excluding hydrogens is 490 g/mol. The molecule has 0 spiro atoms. The van der Waals surface area contributed by atoms with Crippen LogP contribution in [0.1, 0.15) is 65.4 Å². The fraction of sp³-hybridized carbons (Fsp3) is 0.655. The maximum Gasteiger partial charge on any atom is 0.491 e. The Bertz CT molecular complexity index is 1170. The van der Waals surface area contributed by atoms with Gasteiger partial charge in [0.25, 0.3) is 0 Å². The summed E-state index contributed by atoms with van der Waals surface area (Å²) in [6, 6.07) is 2.51. The summed E-state index contributed by atoms with van der Waals surface area (Å²) in [5.74, 6) is -3.55. The van der Waals surface area contributed by atoms with Gasteiger partial charge in [0, 0.05) is 23.7 Å². The molecular formula is C29H38BFO7. The van der Waals surface area contributed by atoms with Crippen molar-refractivity contribution in [1.82, 2.24) is 0 Å². The number of halogens is 1. The van der Waals surface area contributed by atoms with Gasteiger partial charge in [0.05, 0.1) is 12.7 Å². The molecule has 1 aromatic rings. The van der Waals surface area contributed by atoms with Crippen LogP contribution in [0.15, 0.2) is 24.8 Å². The van der Waals surface area contributed by atoms with Crippen molar-refractivity contribution < 1.29 is 38.6 Å². The van der Waals surface area contributed by atoms with E-state index in [1.165, 1.54) is 12.1 Å². The number of ketones is 1. The van der Waals surface area contributed by atoms with Crippen molar-refractivity contribution >= 4 is 24.3 Å². The number of carbonyl (C=O) groups excluding carboxylic acids is 1. The molecule has 3 aliphatic carbocycles. The van der Waals surface area contributed by atoms with E-state index >= 15 is 4.39 Å². The topological polar surface area (TPSA) is 113 Å². The van der Waals surface area contributed by atoms with E-state index in [1.807, 2.05) is 20.8 Å².